The Hall–Kier alpha value is -4.63. The predicted octanol–water partition coefficient (Wildman–Crippen LogP) is 4.27. The van der Waals surface area contributed by atoms with Gasteiger partial charge >= 0.3 is 24.0 Å². The first-order valence-electron chi connectivity index (χ1n) is 19.7. The Bertz CT molecular complexity index is 1970. The van der Waals surface area contributed by atoms with Gasteiger partial charge in [-0.25, -0.2) is 14.4 Å². The number of ether oxygens (including phenoxy) is 4. The predicted molar refractivity (Wildman–Crippen MR) is 207 cm³/mol. The first kappa shape index (κ1) is 43.0. The average molecular weight is 806 g/mol. The highest BCUT2D eigenvalue weighted by molar-refractivity contribution is 5.94. The number of rotatable bonds is 8. The number of aliphatic hydroxyl groups excluding tert-OH is 3. The van der Waals surface area contributed by atoms with E-state index in [0.717, 1.165) is 0 Å². The van der Waals surface area contributed by atoms with Crippen LogP contribution < -0.4 is 5.32 Å². The standard InChI is InChI=1S/C44H55NO13/c1-23-28(55-38(52)33(49)31(25-15-11-9-12-16-25)45-39(53)58-40(3,4)5)22-44(54)36(56-37(51)26-17-13-10-14-18-26)34-42(8,35(50)32(48)30(23)41(44,6)7)29(47)21-27-19-20-43(27,34)57-24(2)46/h9-18,27-29,31-34,36,47-49,54H,19-22H2,1-8H3,(H,45,53)/t27-,28+,29+,31+,32-,33-,34?,36+,42-,43+,44-/m1/s1. The van der Waals surface area contributed by atoms with Crippen molar-refractivity contribution in [1.29, 1.82) is 0 Å². The SMILES string of the molecule is CC(=O)O[C@@]12CC[C@@H]1C[C@H](O)[C@@]1(C)C(=O)[C@H](O)C3=C(C)[C@@H](OC(=O)[C@H](O)[C@@H](NC(=O)OC(C)(C)C)c4ccccc4)C[C@@](O)([C@@H](OC(=O)c4ccccc4)C12)C3(C)C. The number of aliphatic hydroxyl groups is 4. The van der Waals surface area contributed by atoms with E-state index in [1.807, 2.05) is 0 Å². The molecule has 0 heterocycles. The van der Waals surface area contributed by atoms with E-state index in [1.54, 1.807) is 83.1 Å². The van der Waals surface area contributed by atoms with Crippen LogP contribution in [0.1, 0.15) is 103 Å². The van der Waals surface area contributed by atoms with Crippen molar-refractivity contribution in [3.63, 3.8) is 0 Å². The minimum absolute atomic E-state index is 0.0325. The molecule has 14 heteroatoms. The lowest BCUT2D eigenvalue weighted by Gasteiger charge is -2.68. The van der Waals surface area contributed by atoms with Gasteiger partial charge in [-0.3, -0.25) is 9.59 Å². The van der Waals surface area contributed by atoms with E-state index in [9.17, 15) is 44.4 Å². The number of amides is 1. The molecular weight excluding hydrogens is 750 g/mol. The molecule has 0 radical (unpaired) electrons. The average Bonchev–Trinajstić information content (AvgIpc) is 3.14. The van der Waals surface area contributed by atoms with Crippen LogP contribution in [-0.4, -0.2) is 97.5 Å². The largest absolute Gasteiger partial charge is 0.458 e. The van der Waals surface area contributed by atoms with Crippen molar-refractivity contribution in [2.75, 3.05) is 0 Å². The van der Waals surface area contributed by atoms with Crippen LogP contribution in [0.2, 0.25) is 0 Å². The van der Waals surface area contributed by atoms with Crippen LogP contribution in [0.25, 0.3) is 0 Å². The van der Waals surface area contributed by atoms with Crippen molar-refractivity contribution in [2.24, 2.45) is 22.7 Å². The number of carbonyl (C=O) groups is 5. The van der Waals surface area contributed by atoms with Crippen LogP contribution in [0.15, 0.2) is 71.8 Å². The number of hydrogen-bond acceptors (Lipinski definition) is 13. The highest BCUT2D eigenvalue weighted by Crippen LogP contribution is 2.67. The lowest BCUT2D eigenvalue weighted by atomic mass is 9.41. The first-order chi connectivity index (χ1) is 27.0. The Morgan fingerprint density at radius 2 is 1.53 bits per heavy atom. The molecule has 0 saturated heterocycles. The molecule has 58 heavy (non-hydrogen) atoms. The second-order valence-corrected chi connectivity index (χ2v) is 18.0. The first-order valence-corrected chi connectivity index (χ1v) is 19.7. The smallest absolute Gasteiger partial charge is 0.408 e. The van der Waals surface area contributed by atoms with Crippen molar-refractivity contribution in [2.45, 2.75) is 134 Å². The summed E-state index contributed by atoms with van der Waals surface area (Å²) >= 11 is 0. The molecule has 11 atom stereocenters. The molecule has 2 bridgehead atoms. The number of fused-ring (bicyclic) bond motifs is 5. The number of carbonyl (C=O) groups excluding carboxylic acids is 5. The molecule has 3 saturated carbocycles. The molecule has 3 fully saturated rings. The van der Waals surface area contributed by atoms with Crippen molar-refractivity contribution < 1.29 is 63.3 Å². The van der Waals surface area contributed by atoms with Crippen molar-refractivity contribution >= 4 is 29.8 Å². The maximum Gasteiger partial charge on any atom is 0.408 e. The quantitative estimate of drug-likeness (QED) is 0.143. The Balaban J connectivity index is 1.49. The molecule has 4 aliphatic rings. The van der Waals surface area contributed by atoms with Crippen LogP contribution in [0, 0.1) is 22.7 Å². The van der Waals surface area contributed by atoms with Crippen molar-refractivity contribution in [3.8, 4) is 0 Å². The molecule has 1 amide bonds. The molecule has 2 aromatic carbocycles. The van der Waals surface area contributed by atoms with Crippen LogP contribution >= 0.6 is 0 Å². The van der Waals surface area contributed by atoms with Gasteiger partial charge in [0.05, 0.1) is 29.0 Å². The van der Waals surface area contributed by atoms with Crippen LogP contribution in [-0.2, 0) is 33.3 Å². The summed E-state index contributed by atoms with van der Waals surface area (Å²) in [4.78, 5) is 69.1. The fourth-order valence-electron chi connectivity index (χ4n) is 10.1. The van der Waals surface area contributed by atoms with Gasteiger partial charge in [0.15, 0.2) is 11.9 Å². The van der Waals surface area contributed by atoms with Gasteiger partial charge < -0.3 is 44.7 Å². The lowest BCUT2D eigenvalue weighted by Crippen LogP contribution is -2.78. The zero-order chi connectivity index (χ0) is 42.7. The fraction of sp³-hybridized carbons (Fsp3) is 0.568. The minimum Gasteiger partial charge on any atom is -0.458 e. The number of hydrogen-bond donors (Lipinski definition) is 5. The van der Waals surface area contributed by atoms with Crippen molar-refractivity contribution in [1.82, 2.24) is 5.32 Å². The van der Waals surface area contributed by atoms with Crippen LogP contribution in [0.5, 0.6) is 0 Å². The second kappa shape index (κ2) is 15.2. The molecule has 0 spiro atoms. The van der Waals surface area contributed by atoms with E-state index >= 15 is 0 Å². The Kier molecular flexibility index (Phi) is 11.3. The van der Waals surface area contributed by atoms with E-state index in [2.05, 4.69) is 5.32 Å². The third-order valence-corrected chi connectivity index (χ3v) is 13.2. The third-order valence-electron chi connectivity index (χ3n) is 13.2. The summed E-state index contributed by atoms with van der Waals surface area (Å²) in [6.45, 7) is 12.3. The summed E-state index contributed by atoms with van der Waals surface area (Å²) in [7, 11) is 0. The van der Waals surface area contributed by atoms with Crippen LogP contribution in [0.3, 0.4) is 0 Å². The number of ketones is 1. The van der Waals surface area contributed by atoms with Gasteiger partial charge in [0.25, 0.3) is 0 Å². The van der Waals surface area contributed by atoms with E-state index < -0.39 is 112 Å². The van der Waals surface area contributed by atoms with Gasteiger partial charge in [-0.05, 0) is 82.7 Å². The Morgan fingerprint density at radius 1 is 0.931 bits per heavy atom. The normalized spacial score (nSPS) is 33.7. The Morgan fingerprint density at radius 3 is 2.09 bits per heavy atom. The molecule has 2 aromatic rings. The number of benzene rings is 2. The molecule has 14 nitrogen and oxygen atoms in total. The van der Waals surface area contributed by atoms with Gasteiger partial charge in [0.2, 0.25) is 0 Å². The minimum atomic E-state index is -2.30. The zero-order valence-electron chi connectivity index (χ0n) is 34.2. The van der Waals surface area contributed by atoms with E-state index in [-0.39, 0.29) is 29.6 Å². The molecular formula is C44H55NO13. The second-order valence-electron chi connectivity index (χ2n) is 18.0. The van der Waals surface area contributed by atoms with E-state index in [4.69, 9.17) is 18.9 Å². The maximum atomic E-state index is 15.0. The Labute approximate surface area is 337 Å². The molecule has 4 aliphatic carbocycles. The van der Waals surface area contributed by atoms with Gasteiger partial charge in [-0.15, -0.1) is 0 Å². The number of Topliss-reactive ketones (excluding diaryl/α,β-unsaturated/α-hetero) is 1. The van der Waals surface area contributed by atoms with Gasteiger partial charge in [-0.1, -0.05) is 62.4 Å². The molecule has 0 aliphatic heterocycles. The van der Waals surface area contributed by atoms with Gasteiger partial charge in [0.1, 0.15) is 35.1 Å². The van der Waals surface area contributed by atoms with Crippen LogP contribution in [0.4, 0.5) is 4.79 Å². The molecule has 6 rings (SSSR count). The lowest BCUT2D eigenvalue weighted by molar-refractivity contribution is -0.296. The highest BCUT2D eigenvalue weighted by atomic mass is 16.6. The van der Waals surface area contributed by atoms with Gasteiger partial charge in [-0.2, -0.15) is 0 Å². The summed E-state index contributed by atoms with van der Waals surface area (Å²) in [5.74, 6) is -5.53. The molecule has 5 N–H and O–H groups in total. The third kappa shape index (κ3) is 7.11. The number of esters is 3. The highest BCUT2D eigenvalue weighted by Gasteiger charge is 2.77. The maximum absolute atomic E-state index is 15.0. The summed E-state index contributed by atoms with van der Waals surface area (Å²) in [6, 6.07) is 14.8. The fourth-order valence-corrected chi connectivity index (χ4v) is 10.1. The zero-order valence-corrected chi connectivity index (χ0v) is 34.2. The molecule has 0 aromatic heterocycles. The van der Waals surface area contributed by atoms with Gasteiger partial charge in [0, 0.05) is 24.7 Å². The summed E-state index contributed by atoms with van der Waals surface area (Å²) in [6.07, 6.45) is -9.22. The molecule has 314 valence electrons. The van der Waals surface area contributed by atoms with E-state index in [0.29, 0.717) is 12.0 Å². The summed E-state index contributed by atoms with van der Waals surface area (Å²) < 4.78 is 23.9. The van der Waals surface area contributed by atoms with Crippen molar-refractivity contribution in [3.05, 3.63) is 82.9 Å². The van der Waals surface area contributed by atoms with E-state index in [1.165, 1.54) is 32.9 Å². The number of nitrogens with one attached hydrogen (secondary N) is 1. The molecule has 1 unspecified atom stereocenters. The topological polar surface area (TPSA) is 215 Å². The number of alkyl carbamates (subject to hydrolysis) is 1. The summed E-state index contributed by atoms with van der Waals surface area (Å²) in [5, 5.41) is 51.7. The monoisotopic (exact) mass is 805 g/mol. The summed E-state index contributed by atoms with van der Waals surface area (Å²) in [5.41, 5.74) is -7.63.